The largest absolute Gasteiger partial charge is 0.241 e. The summed E-state index contributed by atoms with van der Waals surface area (Å²) in [5.74, 6) is 0. The van der Waals surface area contributed by atoms with Gasteiger partial charge in [-0.3, -0.25) is 0 Å². The van der Waals surface area contributed by atoms with Crippen molar-refractivity contribution in [2.45, 2.75) is 6.42 Å². The van der Waals surface area contributed by atoms with Crippen LogP contribution in [0.2, 0.25) is 0 Å². The fourth-order valence-corrected chi connectivity index (χ4v) is 2.00. The van der Waals surface area contributed by atoms with Crippen LogP contribution < -0.4 is 0 Å². The second-order valence-electron chi connectivity index (χ2n) is 2.76. The van der Waals surface area contributed by atoms with E-state index < -0.39 is 0 Å². The molecule has 2 aromatic rings. The van der Waals surface area contributed by atoms with Gasteiger partial charge in [0.25, 0.3) is 0 Å². The molecule has 65 valence electrons. The minimum atomic E-state index is 0.767. The predicted octanol–water partition coefficient (Wildman–Crippen LogP) is 3.19. The zero-order chi connectivity index (χ0) is 9.10. The second-order valence-corrected chi connectivity index (χ2v) is 3.62. The minimum Gasteiger partial charge on any atom is -0.241 e. The molecule has 13 heavy (non-hydrogen) atoms. The van der Waals surface area contributed by atoms with E-state index in [1.165, 1.54) is 5.56 Å². The lowest BCUT2D eigenvalue weighted by Gasteiger charge is -1.93. The number of rotatable bonds is 2. The molecule has 0 saturated heterocycles. The molecule has 2 rings (SSSR count). The van der Waals surface area contributed by atoms with Crippen molar-refractivity contribution >= 4 is 11.3 Å². The van der Waals surface area contributed by atoms with Crippen LogP contribution in [-0.2, 0) is 6.42 Å². The van der Waals surface area contributed by atoms with Crippen molar-refractivity contribution in [1.29, 1.82) is 0 Å². The van der Waals surface area contributed by atoms with Crippen molar-refractivity contribution in [3.8, 4) is 10.6 Å². The van der Waals surface area contributed by atoms with Crippen LogP contribution in [0.1, 0.15) is 5.69 Å². The normalized spacial score (nSPS) is 10.2. The van der Waals surface area contributed by atoms with E-state index in [2.05, 4.69) is 29.4 Å². The van der Waals surface area contributed by atoms with Gasteiger partial charge in [0.1, 0.15) is 5.01 Å². The van der Waals surface area contributed by atoms with Gasteiger partial charge in [-0.25, -0.2) is 4.98 Å². The van der Waals surface area contributed by atoms with Crippen LogP contribution in [0.4, 0.5) is 0 Å². The molecule has 1 heterocycles. The summed E-state index contributed by atoms with van der Waals surface area (Å²) in [6.45, 7) is 3.81. The third-order valence-electron chi connectivity index (χ3n) is 1.83. The van der Waals surface area contributed by atoms with Crippen LogP contribution in [0.5, 0.6) is 0 Å². The van der Waals surface area contributed by atoms with Gasteiger partial charge in [0.2, 0.25) is 0 Å². The molecule has 1 aromatic heterocycles. The maximum Gasteiger partial charge on any atom is 0.123 e. The van der Waals surface area contributed by atoms with E-state index in [0.717, 1.165) is 17.1 Å². The summed E-state index contributed by atoms with van der Waals surface area (Å²) in [6, 6.07) is 10.2. The van der Waals surface area contributed by atoms with Gasteiger partial charge in [-0.2, -0.15) is 0 Å². The van der Waals surface area contributed by atoms with E-state index >= 15 is 0 Å². The highest BCUT2D eigenvalue weighted by molar-refractivity contribution is 7.13. The zero-order valence-corrected chi connectivity index (χ0v) is 8.05. The van der Waals surface area contributed by atoms with E-state index in [9.17, 15) is 0 Å². The van der Waals surface area contributed by atoms with Crippen LogP contribution in [-0.4, -0.2) is 4.98 Å². The minimum absolute atomic E-state index is 0.767. The highest BCUT2D eigenvalue weighted by Gasteiger charge is 2.01. The van der Waals surface area contributed by atoms with Crippen LogP contribution in [0, 0.1) is 6.92 Å². The molecule has 0 amide bonds. The topological polar surface area (TPSA) is 12.9 Å². The summed E-state index contributed by atoms with van der Waals surface area (Å²) >= 11 is 1.68. The summed E-state index contributed by atoms with van der Waals surface area (Å²) < 4.78 is 0. The number of nitrogens with zero attached hydrogens (tertiary/aromatic N) is 1. The van der Waals surface area contributed by atoms with Crippen molar-refractivity contribution < 1.29 is 0 Å². The third kappa shape index (κ3) is 1.78. The quantitative estimate of drug-likeness (QED) is 0.705. The predicted molar refractivity (Wildman–Crippen MR) is 56.6 cm³/mol. The summed E-state index contributed by atoms with van der Waals surface area (Å²) in [6.07, 6.45) is 0.767. The Morgan fingerprint density at radius 1 is 1.23 bits per heavy atom. The van der Waals surface area contributed by atoms with Crippen LogP contribution in [0.15, 0.2) is 35.7 Å². The first-order chi connectivity index (χ1) is 6.40. The van der Waals surface area contributed by atoms with Crippen molar-refractivity contribution in [2.24, 2.45) is 0 Å². The fraction of sp³-hybridized carbons (Fsp3) is 0.0909. The Morgan fingerprint density at radius 2 is 2.00 bits per heavy atom. The highest BCUT2D eigenvalue weighted by atomic mass is 32.1. The van der Waals surface area contributed by atoms with E-state index in [-0.39, 0.29) is 0 Å². The average molecular weight is 188 g/mol. The molecule has 0 atom stereocenters. The van der Waals surface area contributed by atoms with Crippen LogP contribution >= 0.6 is 11.3 Å². The molecule has 1 radical (unpaired) electrons. The molecule has 0 unspecified atom stereocenters. The maximum absolute atomic E-state index is 4.46. The molecular formula is C11H10NS. The molecule has 0 aliphatic carbocycles. The van der Waals surface area contributed by atoms with Crippen molar-refractivity contribution in [1.82, 2.24) is 4.98 Å². The maximum atomic E-state index is 4.46. The van der Waals surface area contributed by atoms with Crippen LogP contribution in [0.25, 0.3) is 10.6 Å². The first kappa shape index (κ1) is 8.45. The number of thiazole rings is 1. The molecule has 0 fully saturated rings. The molecule has 0 N–H and O–H groups in total. The molecule has 0 aliphatic rings. The molecule has 0 bridgehead atoms. The Morgan fingerprint density at radius 3 is 2.62 bits per heavy atom. The van der Waals surface area contributed by atoms with E-state index in [1.807, 2.05) is 18.2 Å². The summed E-state index contributed by atoms with van der Waals surface area (Å²) in [4.78, 5) is 4.46. The van der Waals surface area contributed by atoms with Gasteiger partial charge < -0.3 is 0 Å². The second kappa shape index (κ2) is 3.71. The van der Waals surface area contributed by atoms with Gasteiger partial charge in [-0.05, 0) is 13.3 Å². The zero-order valence-electron chi connectivity index (χ0n) is 7.23. The van der Waals surface area contributed by atoms with Crippen molar-refractivity contribution in [3.63, 3.8) is 0 Å². The summed E-state index contributed by atoms with van der Waals surface area (Å²) in [5, 5.41) is 3.15. The number of hydrogen-bond acceptors (Lipinski definition) is 2. The first-order valence-electron chi connectivity index (χ1n) is 4.19. The number of benzene rings is 1. The first-order valence-corrected chi connectivity index (χ1v) is 5.07. The molecule has 0 spiro atoms. The Hall–Kier alpha value is -1.15. The Labute approximate surface area is 82.1 Å². The van der Waals surface area contributed by atoms with Gasteiger partial charge in [0.05, 0.1) is 5.69 Å². The van der Waals surface area contributed by atoms with Gasteiger partial charge in [-0.1, -0.05) is 30.3 Å². The Bertz CT molecular complexity index is 378. The van der Waals surface area contributed by atoms with Gasteiger partial charge in [0, 0.05) is 10.9 Å². The smallest absolute Gasteiger partial charge is 0.123 e. The van der Waals surface area contributed by atoms with E-state index in [1.54, 1.807) is 11.3 Å². The number of hydrogen-bond donors (Lipinski definition) is 0. The Kier molecular flexibility index (Phi) is 2.41. The summed E-state index contributed by atoms with van der Waals surface area (Å²) in [5.41, 5.74) is 2.26. The molecule has 0 aliphatic heterocycles. The lowest BCUT2D eigenvalue weighted by molar-refractivity contribution is 1.15. The Balaban J connectivity index is 2.36. The monoisotopic (exact) mass is 188 g/mol. The van der Waals surface area contributed by atoms with E-state index in [4.69, 9.17) is 0 Å². The molecular weight excluding hydrogens is 178 g/mol. The lowest BCUT2D eigenvalue weighted by atomic mass is 10.2. The summed E-state index contributed by atoms with van der Waals surface area (Å²) in [7, 11) is 0. The van der Waals surface area contributed by atoms with Gasteiger partial charge in [-0.15, -0.1) is 11.3 Å². The molecule has 1 aromatic carbocycles. The average Bonchev–Trinajstić information content (AvgIpc) is 2.67. The van der Waals surface area contributed by atoms with Crippen LogP contribution in [0.3, 0.4) is 0 Å². The van der Waals surface area contributed by atoms with Crippen molar-refractivity contribution in [2.75, 3.05) is 0 Å². The lowest BCUT2D eigenvalue weighted by Crippen LogP contribution is -1.79. The molecule has 1 nitrogen and oxygen atoms in total. The molecule has 0 saturated carbocycles. The van der Waals surface area contributed by atoms with Crippen molar-refractivity contribution in [3.05, 3.63) is 48.3 Å². The van der Waals surface area contributed by atoms with E-state index in [0.29, 0.717) is 0 Å². The standard InChI is InChI=1S/C11H10NS/c1-2-10-8-13-11(12-10)9-6-4-3-5-7-9/h3-8H,1-2H2. The fourth-order valence-electron chi connectivity index (χ4n) is 1.14. The van der Waals surface area contributed by atoms with Gasteiger partial charge >= 0.3 is 0 Å². The number of aromatic nitrogens is 1. The van der Waals surface area contributed by atoms with Gasteiger partial charge in [0.15, 0.2) is 0 Å². The SMILES string of the molecule is [CH2]Cc1csc(-c2ccccc2)n1. The third-order valence-corrected chi connectivity index (χ3v) is 2.77. The highest BCUT2D eigenvalue weighted by Crippen LogP contribution is 2.23. The molecule has 2 heteroatoms.